The third kappa shape index (κ3) is 7.76. The molecule has 0 aliphatic carbocycles. The summed E-state index contributed by atoms with van der Waals surface area (Å²) in [6, 6.07) is 0. The van der Waals surface area contributed by atoms with Crippen molar-refractivity contribution in [3.8, 4) is 0 Å². The van der Waals surface area contributed by atoms with Gasteiger partial charge >= 0.3 is 0 Å². The van der Waals surface area contributed by atoms with Gasteiger partial charge < -0.3 is 14.6 Å². The highest BCUT2D eigenvalue weighted by atomic mass is 16.5. The van der Waals surface area contributed by atoms with E-state index >= 15 is 0 Å². The van der Waals surface area contributed by atoms with Crippen molar-refractivity contribution in [1.82, 2.24) is 0 Å². The lowest BCUT2D eigenvalue weighted by Crippen LogP contribution is -2.00. The van der Waals surface area contributed by atoms with Crippen molar-refractivity contribution in [2.75, 3.05) is 19.8 Å². The first-order valence-corrected chi connectivity index (χ1v) is 7.57. The third-order valence-electron chi connectivity index (χ3n) is 2.86. The molecule has 0 bridgehead atoms. The molecule has 0 fully saturated rings. The number of hydrogen-bond acceptors (Lipinski definition) is 3. The predicted octanol–water partition coefficient (Wildman–Crippen LogP) is 4.51. The van der Waals surface area contributed by atoms with Crippen LogP contribution in [0.4, 0.5) is 0 Å². The van der Waals surface area contributed by atoms with Crippen LogP contribution in [0.25, 0.3) is 0 Å². The summed E-state index contributed by atoms with van der Waals surface area (Å²) in [4.78, 5) is 0. The molecule has 0 aliphatic rings. The SMILES string of the molecule is CC/C=C\C(=C(C)C)C(/C=C(/C)OCCO)=C(\C)OCC. The zero-order chi connectivity index (χ0) is 16.3. The van der Waals surface area contributed by atoms with E-state index in [1.165, 1.54) is 5.57 Å². The number of aliphatic hydroxyl groups excluding tert-OH is 1. The zero-order valence-electron chi connectivity index (χ0n) is 14.3. The molecule has 0 amide bonds. The Labute approximate surface area is 129 Å². The molecule has 0 atom stereocenters. The van der Waals surface area contributed by atoms with Crippen LogP contribution in [-0.4, -0.2) is 24.9 Å². The summed E-state index contributed by atoms with van der Waals surface area (Å²) in [5.74, 6) is 1.64. The van der Waals surface area contributed by atoms with Gasteiger partial charge in [-0.05, 0) is 52.7 Å². The summed E-state index contributed by atoms with van der Waals surface area (Å²) >= 11 is 0. The van der Waals surface area contributed by atoms with Gasteiger partial charge in [0.05, 0.1) is 19.0 Å². The van der Waals surface area contributed by atoms with Crippen LogP contribution < -0.4 is 0 Å². The van der Waals surface area contributed by atoms with Crippen LogP contribution in [-0.2, 0) is 9.47 Å². The van der Waals surface area contributed by atoms with E-state index in [1.807, 2.05) is 26.8 Å². The molecule has 120 valence electrons. The van der Waals surface area contributed by atoms with Crippen LogP contribution in [0.15, 0.2) is 46.5 Å². The lowest BCUT2D eigenvalue weighted by molar-refractivity contribution is 0.146. The molecular formula is C18H30O3. The van der Waals surface area contributed by atoms with E-state index in [0.29, 0.717) is 13.2 Å². The number of aliphatic hydroxyl groups is 1. The molecule has 0 aromatic carbocycles. The molecular weight excluding hydrogens is 264 g/mol. The average molecular weight is 294 g/mol. The van der Waals surface area contributed by atoms with Crippen LogP contribution in [0.2, 0.25) is 0 Å². The summed E-state index contributed by atoms with van der Waals surface area (Å²) in [7, 11) is 0. The fraction of sp³-hybridized carbons (Fsp3) is 0.556. The smallest absolute Gasteiger partial charge is 0.111 e. The van der Waals surface area contributed by atoms with Crippen molar-refractivity contribution in [3.05, 3.63) is 46.5 Å². The Morgan fingerprint density at radius 1 is 1.00 bits per heavy atom. The van der Waals surface area contributed by atoms with Crippen molar-refractivity contribution < 1.29 is 14.6 Å². The van der Waals surface area contributed by atoms with Crippen LogP contribution in [0, 0.1) is 0 Å². The maximum Gasteiger partial charge on any atom is 0.111 e. The van der Waals surface area contributed by atoms with E-state index in [0.717, 1.165) is 29.1 Å². The Morgan fingerprint density at radius 2 is 1.67 bits per heavy atom. The second-order valence-corrected chi connectivity index (χ2v) is 4.95. The highest BCUT2D eigenvalue weighted by Crippen LogP contribution is 2.24. The van der Waals surface area contributed by atoms with Gasteiger partial charge in [-0.2, -0.15) is 0 Å². The topological polar surface area (TPSA) is 38.7 Å². The van der Waals surface area contributed by atoms with Gasteiger partial charge in [0.1, 0.15) is 12.4 Å². The van der Waals surface area contributed by atoms with Crippen molar-refractivity contribution in [2.24, 2.45) is 0 Å². The maximum absolute atomic E-state index is 8.85. The molecule has 0 heterocycles. The van der Waals surface area contributed by atoms with Gasteiger partial charge in [0.2, 0.25) is 0 Å². The molecule has 0 saturated heterocycles. The monoisotopic (exact) mass is 294 g/mol. The number of ether oxygens (including phenoxy) is 2. The molecule has 0 aromatic heterocycles. The minimum absolute atomic E-state index is 0.0138. The summed E-state index contributed by atoms with van der Waals surface area (Å²) in [6.07, 6.45) is 7.23. The van der Waals surface area contributed by atoms with E-state index in [-0.39, 0.29) is 6.61 Å². The second kappa shape index (κ2) is 11.2. The van der Waals surface area contributed by atoms with Gasteiger partial charge in [-0.1, -0.05) is 24.6 Å². The molecule has 0 spiro atoms. The van der Waals surface area contributed by atoms with Crippen LogP contribution in [0.3, 0.4) is 0 Å². The fourth-order valence-electron chi connectivity index (χ4n) is 1.88. The summed E-state index contributed by atoms with van der Waals surface area (Å²) in [5.41, 5.74) is 3.40. The van der Waals surface area contributed by atoms with E-state index in [2.05, 4.69) is 32.9 Å². The minimum atomic E-state index is 0.0138. The van der Waals surface area contributed by atoms with Gasteiger partial charge in [0, 0.05) is 5.57 Å². The molecule has 1 N–H and O–H groups in total. The molecule has 0 aromatic rings. The van der Waals surface area contributed by atoms with Crippen molar-refractivity contribution >= 4 is 0 Å². The summed E-state index contributed by atoms with van der Waals surface area (Å²) < 4.78 is 11.1. The Morgan fingerprint density at radius 3 is 2.14 bits per heavy atom. The molecule has 0 saturated carbocycles. The van der Waals surface area contributed by atoms with Crippen molar-refractivity contribution in [1.29, 1.82) is 0 Å². The molecule has 0 aliphatic heterocycles. The second-order valence-electron chi connectivity index (χ2n) is 4.95. The van der Waals surface area contributed by atoms with Crippen LogP contribution in [0.1, 0.15) is 48.0 Å². The molecule has 0 rings (SSSR count). The first kappa shape index (κ1) is 19.5. The summed E-state index contributed by atoms with van der Waals surface area (Å²) in [5, 5.41) is 8.85. The zero-order valence-corrected chi connectivity index (χ0v) is 14.3. The normalized spacial score (nSPS) is 13.2. The average Bonchev–Trinajstić information content (AvgIpc) is 2.44. The molecule has 0 unspecified atom stereocenters. The third-order valence-corrected chi connectivity index (χ3v) is 2.86. The molecule has 0 radical (unpaired) electrons. The predicted molar refractivity (Wildman–Crippen MR) is 88.9 cm³/mol. The maximum atomic E-state index is 8.85. The first-order valence-electron chi connectivity index (χ1n) is 7.57. The fourth-order valence-corrected chi connectivity index (χ4v) is 1.88. The van der Waals surface area contributed by atoms with Crippen LogP contribution in [0.5, 0.6) is 0 Å². The van der Waals surface area contributed by atoms with Gasteiger partial charge in [0.25, 0.3) is 0 Å². The standard InChI is InChI=1S/C18H30O3/c1-7-9-10-17(14(3)4)18(16(6)20-8-2)13-15(5)21-12-11-19/h9-10,13,19H,7-8,11-12H2,1-6H3/b10-9-,15-13-,18-16+. The quantitative estimate of drug-likeness (QED) is 0.502. The highest BCUT2D eigenvalue weighted by Gasteiger charge is 2.08. The molecule has 21 heavy (non-hydrogen) atoms. The molecule has 3 heteroatoms. The lowest BCUT2D eigenvalue weighted by Gasteiger charge is -2.14. The number of hydrogen-bond donors (Lipinski definition) is 1. The van der Waals surface area contributed by atoms with Gasteiger partial charge in [-0.15, -0.1) is 0 Å². The van der Waals surface area contributed by atoms with E-state index < -0.39 is 0 Å². The highest BCUT2D eigenvalue weighted by molar-refractivity contribution is 5.50. The van der Waals surface area contributed by atoms with Gasteiger partial charge in [-0.3, -0.25) is 0 Å². The Kier molecular flexibility index (Phi) is 10.4. The van der Waals surface area contributed by atoms with E-state index in [1.54, 1.807) is 0 Å². The van der Waals surface area contributed by atoms with Gasteiger partial charge in [-0.25, -0.2) is 0 Å². The Balaban J connectivity index is 5.67. The van der Waals surface area contributed by atoms with Crippen LogP contribution >= 0.6 is 0 Å². The summed E-state index contributed by atoms with van der Waals surface area (Å²) in [6.45, 7) is 13.1. The first-order chi connectivity index (χ1) is 9.97. The minimum Gasteiger partial charge on any atom is -0.498 e. The largest absolute Gasteiger partial charge is 0.498 e. The Hall–Kier alpha value is -1.48. The van der Waals surface area contributed by atoms with Crippen molar-refractivity contribution in [3.63, 3.8) is 0 Å². The molecule has 3 nitrogen and oxygen atoms in total. The van der Waals surface area contributed by atoms with E-state index in [9.17, 15) is 0 Å². The lowest BCUT2D eigenvalue weighted by atomic mass is 9.98. The number of rotatable bonds is 9. The number of allylic oxidation sites excluding steroid dienone is 8. The Bertz CT molecular complexity index is 422. The van der Waals surface area contributed by atoms with E-state index in [4.69, 9.17) is 14.6 Å². The van der Waals surface area contributed by atoms with Crippen molar-refractivity contribution in [2.45, 2.75) is 48.0 Å². The van der Waals surface area contributed by atoms with Gasteiger partial charge in [0.15, 0.2) is 0 Å².